The highest BCUT2D eigenvalue weighted by Gasteiger charge is 2.24. The van der Waals surface area contributed by atoms with Crippen LogP contribution in [-0.4, -0.2) is 10.9 Å². The van der Waals surface area contributed by atoms with Gasteiger partial charge in [-0.3, -0.25) is 10.1 Å². The van der Waals surface area contributed by atoms with Crippen molar-refractivity contribution in [3.05, 3.63) is 69.2 Å². The van der Waals surface area contributed by atoms with Crippen LogP contribution in [0.15, 0.2) is 48.5 Å². The van der Waals surface area contributed by atoms with Crippen molar-refractivity contribution in [3.8, 4) is 5.75 Å². The van der Waals surface area contributed by atoms with Gasteiger partial charge in [-0.15, -0.1) is 0 Å². The first kappa shape index (κ1) is 13.0. The Bertz CT molecular complexity index is 628. The van der Waals surface area contributed by atoms with Gasteiger partial charge in [0.2, 0.25) is 0 Å². The number of carbonyl (C=O) groups excluding carboxylic acids is 1. The molecule has 0 saturated heterocycles. The largest absolute Gasteiger partial charge is 0.423 e. The van der Waals surface area contributed by atoms with E-state index >= 15 is 0 Å². The molecule has 0 N–H and O–H groups in total. The predicted molar refractivity (Wildman–Crippen MR) is 69.5 cm³/mol. The van der Waals surface area contributed by atoms with Crippen LogP contribution in [0.4, 0.5) is 5.69 Å². The van der Waals surface area contributed by atoms with Gasteiger partial charge in [0.15, 0.2) is 0 Å². The van der Waals surface area contributed by atoms with Crippen LogP contribution >= 0.6 is 11.6 Å². The van der Waals surface area contributed by atoms with Crippen LogP contribution in [0, 0.1) is 10.1 Å². The minimum Gasteiger partial charge on any atom is -0.423 e. The standard InChI is InChI=1S/C13H8ClNO4/c14-11-8-4-7-10(12(11)15(17)18)13(16)19-9-5-2-1-3-6-9/h1-8H. The molecule has 0 bridgehead atoms. The molecular weight excluding hydrogens is 270 g/mol. The molecule has 0 spiro atoms. The van der Waals surface area contributed by atoms with E-state index in [9.17, 15) is 14.9 Å². The molecular formula is C13H8ClNO4. The smallest absolute Gasteiger partial charge is 0.350 e. The summed E-state index contributed by atoms with van der Waals surface area (Å²) in [6.45, 7) is 0. The molecule has 0 aliphatic heterocycles. The Morgan fingerprint density at radius 1 is 1.11 bits per heavy atom. The van der Waals surface area contributed by atoms with Gasteiger partial charge >= 0.3 is 11.7 Å². The van der Waals surface area contributed by atoms with Crippen molar-refractivity contribution in [2.75, 3.05) is 0 Å². The van der Waals surface area contributed by atoms with Crippen molar-refractivity contribution in [3.63, 3.8) is 0 Å². The molecule has 0 fully saturated rings. The summed E-state index contributed by atoms with van der Waals surface area (Å²) < 4.78 is 5.04. The van der Waals surface area contributed by atoms with Gasteiger partial charge in [0.05, 0.1) is 4.92 Å². The van der Waals surface area contributed by atoms with E-state index in [-0.39, 0.29) is 10.6 Å². The van der Waals surface area contributed by atoms with Crippen molar-refractivity contribution in [1.29, 1.82) is 0 Å². The summed E-state index contributed by atoms with van der Waals surface area (Å²) >= 11 is 5.72. The summed E-state index contributed by atoms with van der Waals surface area (Å²) in [6, 6.07) is 12.4. The lowest BCUT2D eigenvalue weighted by Crippen LogP contribution is -2.11. The Kier molecular flexibility index (Phi) is 3.77. The normalized spacial score (nSPS) is 9.95. The minimum absolute atomic E-state index is 0.104. The Labute approximate surface area is 113 Å². The maximum absolute atomic E-state index is 11.9. The summed E-state index contributed by atoms with van der Waals surface area (Å²) in [5, 5.41) is 10.8. The van der Waals surface area contributed by atoms with Gasteiger partial charge in [-0.1, -0.05) is 35.9 Å². The lowest BCUT2D eigenvalue weighted by Gasteiger charge is -2.05. The van der Waals surface area contributed by atoms with E-state index in [0.29, 0.717) is 5.75 Å². The molecule has 0 aromatic heterocycles. The second kappa shape index (κ2) is 5.49. The van der Waals surface area contributed by atoms with Gasteiger partial charge < -0.3 is 4.74 Å². The molecule has 5 nitrogen and oxygen atoms in total. The molecule has 6 heteroatoms. The van der Waals surface area contributed by atoms with E-state index in [4.69, 9.17) is 16.3 Å². The number of ether oxygens (including phenoxy) is 1. The minimum atomic E-state index is -0.819. The van der Waals surface area contributed by atoms with Gasteiger partial charge in [-0.2, -0.15) is 0 Å². The highest BCUT2D eigenvalue weighted by molar-refractivity contribution is 6.33. The average molecular weight is 278 g/mol. The van der Waals surface area contributed by atoms with E-state index < -0.39 is 16.6 Å². The quantitative estimate of drug-likeness (QED) is 0.373. The van der Waals surface area contributed by atoms with E-state index in [0.717, 1.165) is 0 Å². The van der Waals surface area contributed by atoms with Gasteiger partial charge in [-0.25, -0.2) is 4.79 Å². The molecule has 2 rings (SSSR count). The van der Waals surface area contributed by atoms with E-state index in [1.54, 1.807) is 30.3 Å². The molecule has 19 heavy (non-hydrogen) atoms. The molecule has 96 valence electrons. The van der Waals surface area contributed by atoms with Gasteiger partial charge in [0.1, 0.15) is 16.3 Å². The lowest BCUT2D eigenvalue weighted by molar-refractivity contribution is -0.385. The number of carbonyl (C=O) groups is 1. The maximum atomic E-state index is 11.9. The van der Waals surface area contributed by atoms with E-state index in [1.807, 2.05) is 0 Å². The number of para-hydroxylation sites is 2. The summed E-state index contributed by atoms with van der Waals surface area (Å²) in [7, 11) is 0. The van der Waals surface area contributed by atoms with Crippen molar-refractivity contribution >= 4 is 23.3 Å². The van der Waals surface area contributed by atoms with Crippen molar-refractivity contribution < 1.29 is 14.5 Å². The number of halogens is 1. The number of hydrogen-bond acceptors (Lipinski definition) is 4. The molecule has 0 heterocycles. The third-order valence-electron chi connectivity index (χ3n) is 2.34. The molecule has 0 radical (unpaired) electrons. The zero-order valence-corrected chi connectivity index (χ0v) is 10.3. The topological polar surface area (TPSA) is 69.4 Å². The van der Waals surface area contributed by atoms with Crippen LogP contribution in [0.1, 0.15) is 10.4 Å². The van der Waals surface area contributed by atoms with Crippen molar-refractivity contribution in [2.24, 2.45) is 0 Å². The Morgan fingerprint density at radius 2 is 1.79 bits per heavy atom. The van der Waals surface area contributed by atoms with Crippen LogP contribution in [0.3, 0.4) is 0 Å². The Balaban J connectivity index is 2.35. The number of nitro benzene ring substituents is 1. The molecule has 2 aromatic rings. The van der Waals surface area contributed by atoms with Crippen molar-refractivity contribution in [1.82, 2.24) is 0 Å². The molecule has 2 aromatic carbocycles. The predicted octanol–water partition coefficient (Wildman–Crippen LogP) is 3.47. The molecule has 0 unspecified atom stereocenters. The third kappa shape index (κ3) is 2.89. The van der Waals surface area contributed by atoms with Crippen molar-refractivity contribution in [2.45, 2.75) is 0 Å². The second-order valence-corrected chi connectivity index (χ2v) is 4.00. The number of rotatable bonds is 3. The highest BCUT2D eigenvalue weighted by atomic mass is 35.5. The zero-order chi connectivity index (χ0) is 13.8. The van der Waals surface area contributed by atoms with E-state index in [2.05, 4.69) is 0 Å². The molecule has 0 atom stereocenters. The second-order valence-electron chi connectivity index (χ2n) is 3.60. The number of nitrogens with zero attached hydrogens (tertiary/aromatic N) is 1. The average Bonchev–Trinajstić information content (AvgIpc) is 2.39. The Hall–Kier alpha value is -2.40. The Morgan fingerprint density at radius 3 is 2.42 bits per heavy atom. The number of hydrogen-bond donors (Lipinski definition) is 0. The zero-order valence-electron chi connectivity index (χ0n) is 9.58. The maximum Gasteiger partial charge on any atom is 0.350 e. The first-order chi connectivity index (χ1) is 9.09. The first-order valence-electron chi connectivity index (χ1n) is 5.29. The fraction of sp³-hybridized carbons (Fsp3) is 0. The fourth-order valence-corrected chi connectivity index (χ4v) is 1.76. The lowest BCUT2D eigenvalue weighted by atomic mass is 10.2. The van der Waals surface area contributed by atoms with Crippen LogP contribution in [0.2, 0.25) is 5.02 Å². The number of esters is 1. The summed E-state index contributed by atoms with van der Waals surface area (Å²) in [4.78, 5) is 22.1. The fourth-order valence-electron chi connectivity index (χ4n) is 1.52. The molecule has 0 amide bonds. The molecule has 0 aliphatic carbocycles. The molecule has 0 aliphatic rings. The van der Waals surface area contributed by atoms with Crippen LogP contribution in [0.25, 0.3) is 0 Å². The van der Waals surface area contributed by atoms with Gasteiger partial charge in [-0.05, 0) is 24.3 Å². The van der Waals surface area contributed by atoms with Crippen LogP contribution in [0.5, 0.6) is 5.75 Å². The van der Waals surface area contributed by atoms with Gasteiger partial charge in [0.25, 0.3) is 0 Å². The summed E-state index contributed by atoms with van der Waals surface area (Å²) in [5.74, 6) is -0.512. The van der Waals surface area contributed by atoms with E-state index in [1.165, 1.54) is 18.2 Å². The van der Waals surface area contributed by atoms with Crippen LogP contribution in [-0.2, 0) is 0 Å². The summed E-state index contributed by atoms with van der Waals surface area (Å²) in [5.41, 5.74) is -0.633. The SMILES string of the molecule is O=C(Oc1ccccc1)c1cccc(Cl)c1[N+](=O)[O-]. The molecule has 0 saturated carbocycles. The summed E-state index contributed by atoms with van der Waals surface area (Å²) in [6.07, 6.45) is 0. The number of nitro groups is 1. The monoisotopic (exact) mass is 277 g/mol. The first-order valence-corrected chi connectivity index (χ1v) is 5.67. The third-order valence-corrected chi connectivity index (χ3v) is 2.65. The number of benzene rings is 2. The van der Waals surface area contributed by atoms with Crippen LogP contribution < -0.4 is 4.74 Å². The highest BCUT2D eigenvalue weighted by Crippen LogP contribution is 2.29. The van der Waals surface area contributed by atoms with Gasteiger partial charge in [0, 0.05) is 0 Å².